The molecule has 1 aliphatic rings. The fraction of sp³-hybridized carbons (Fsp3) is 0.818. The first-order chi connectivity index (χ1) is 6.36. The molecule has 0 aliphatic heterocycles. The lowest BCUT2D eigenvalue weighted by molar-refractivity contribution is 0.0871. The molecule has 1 aliphatic carbocycles. The molecule has 0 heterocycles. The number of ether oxygens (including phenoxy) is 2. The first kappa shape index (κ1) is 10.6. The second kappa shape index (κ2) is 6.03. The average molecular weight is 184 g/mol. The quantitative estimate of drug-likeness (QED) is 0.669. The minimum absolute atomic E-state index is 0.286. The van der Waals surface area contributed by atoms with Gasteiger partial charge in [0.05, 0.1) is 18.5 Å². The van der Waals surface area contributed by atoms with Gasteiger partial charge in [0, 0.05) is 13.0 Å². The fourth-order valence-corrected chi connectivity index (χ4v) is 1.67. The highest BCUT2D eigenvalue weighted by molar-refractivity contribution is 5.00. The molecule has 0 saturated heterocycles. The van der Waals surface area contributed by atoms with Crippen molar-refractivity contribution in [3.63, 3.8) is 0 Å². The van der Waals surface area contributed by atoms with Gasteiger partial charge in [-0.15, -0.1) is 0 Å². The van der Waals surface area contributed by atoms with Crippen LogP contribution < -0.4 is 0 Å². The van der Waals surface area contributed by atoms with Crippen LogP contribution >= 0.6 is 0 Å². The fourth-order valence-electron chi connectivity index (χ4n) is 1.67. The van der Waals surface area contributed by atoms with Crippen molar-refractivity contribution in [2.24, 2.45) is 0 Å². The van der Waals surface area contributed by atoms with Crippen LogP contribution in [0.2, 0.25) is 0 Å². The Hall–Kier alpha value is -0.500. The zero-order chi connectivity index (χ0) is 9.52. The predicted molar refractivity (Wildman–Crippen MR) is 53.6 cm³/mol. The van der Waals surface area contributed by atoms with Crippen molar-refractivity contribution in [2.75, 3.05) is 13.2 Å². The zero-order valence-electron chi connectivity index (χ0n) is 8.71. The predicted octanol–water partition coefficient (Wildman–Crippen LogP) is 2.89. The largest absolute Gasteiger partial charge is 0.498 e. The maximum Gasteiger partial charge on any atom is 0.0945 e. The van der Waals surface area contributed by atoms with E-state index in [9.17, 15) is 0 Å². The van der Waals surface area contributed by atoms with E-state index in [2.05, 4.69) is 6.08 Å². The molecule has 0 aromatic carbocycles. The van der Waals surface area contributed by atoms with Crippen LogP contribution in [0.25, 0.3) is 0 Å². The zero-order valence-corrected chi connectivity index (χ0v) is 8.71. The Labute approximate surface area is 80.9 Å². The summed E-state index contributed by atoms with van der Waals surface area (Å²) in [4.78, 5) is 0. The van der Waals surface area contributed by atoms with Crippen molar-refractivity contribution < 1.29 is 9.47 Å². The van der Waals surface area contributed by atoms with Crippen LogP contribution in [-0.4, -0.2) is 19.3 Å². The van der Waals surface area contributed by atoms with Gasteiger partial charge in [0.2, 0.25) is 0 Å². The molecule has 76 valence electrons. The number of hydrogen-bond donors (Lipinski definition) is 0. The van der Waals surface area contributed by atoms with Crippen molar-refractivity contribution in [2.45, 2.75) is 45.6 Å². The van der Waals surface area contributed by atoms with Gasteiger partial charge in [0.15, 0.2) is 0 Å². The van der Waals surface area contributed by atoms with Crippen LogP contribution in [0, 0.1) is 0 Å². The maximum absolute atomic E-state index is 5.58. The average Bonchev–Trinajstić information content (AvgIpc) is 2.32. The molecule has 0 saturated carbocycles. The molecule has 1 atom stereocenters. The molecule has 0 bridgehead atoms. The van der Waals surface area contributed by atoms with Gasteiger partial charge in [-0.1, -0.05) is 6.42 Å². The third kappa shape index (κ3) is 3.81. The van der Waals surface area contributed by atoms with Crippen LogP contribution in [0.3, 0.4) is 0 Å². The Bertz CT molecular complexity index is 163. The topological polar surface area (TPSA) is 18.5 Å². The lowest BCUT2D eigenvalue weighted by Crippen LogP contribution is -2.09. The van der Waals surface area contributed by atoms with Crippen molar-refractivity contribution in [3.8, 4) is 0 Å². The van der Waals surface area contributed by atoms with E-state index in [0.29, 0.717) is 0 Å². The SMILES string of the molecule is CCOC1=CC(OCC)CCCC1. The smallest absolute Gasteiger partial charge is 0.0945 e. The second-order valence-electron chi connectivity index (χ2n) is 3.31. The standard InChI is InChI=1S/C11H20O2/c1-3-12-10-7-5-6-8-11(9-10)13-4-2/h9-10H,3-8H2,1-2H3. The van der Waals surface area contributed by atoms with E-state index in [0.717, 1.165) is 31.8 Å². The van der Waals surface area contributed by atoms with E-state index in [4.69, 9.17) is 9.47 Å². The highest BCUT2D eigenvalue weighted by Gasteiger charge is 2.12. The normalized spacial score (nSPS) is 23.5. The molecule has 0 N–H and O–H groups in total. The van der Waals surface area contributed by atoms with Gasteiger partial charge in [-0.2, -0.15) is 0 Å². The number of hydrogen-bond acceptors (Lipinski definition) is 2. The summed E-state index contributed by atoms with van der Waals surface area (Å²) in [5.41, 5.74) is 0. The van der Waals surface area contributed by atoms with Crippen molar-refractivity contribution >= 4 is 0 Å². The van der Waals surface area contributed by atoms with E-state index >= 15 is 0 Å². The van der Waals surface area contributed by atoms with Crippen LogP contribution in [0.1, 0.15) is 39.5 Å². The van der Waals surface area contributed by atoms with E-state index in [1.807, 2.05) is 13.8 Å². The Kier molecular flexibility index (Phi) is 4.91. The minimum atomic E-state index is 0.286. The molecule has 0 amide bonds. The van der Waals surface area contributed by atoms with Crippen LogP contribution in [-0.2, 0) is 9.47 Å². The Morgan fingerprint density at radius 1 is 1.31 bits per heavy atom. The summed E-state index contributed by atoms with van der Waals surface area (Å²) in [5, 5.41) is 0. The summed E-state index contributed by atoms with van der Waals surface area (Å²) < 4.78 is 11.1. The van der Waals surface area contributed by atoms with E-state index < -0.39 is 0 Å². The van der Waals surface area contributed by atoms with Gasteiger partial charge < -0.3 is 9.47 Å². The first-order valence-corrected chi connectivity index (χ1v) is 5.32. The van der Waals surface area contributed by atoms with Crippen molar-refractivity contribution in [1.29, 1.82) is 0 Å². The molecule has 1 rings (SSSR count). The lowest BCUT2D eigenvalue weighted by Gasteiger charge is -2.11. The Morgan fingerprint density at radius 3 is 2.85 bits per heavy atom. The number of rotatable bonds is 4. The molecule has 0 aromatic heterocycles. The molecule has 2 nitrogen and oxygen atoms in total. The highest BCUT2D eigenvalue weighted by atomic mass is 16.5. The molecular formula is C11H20O2. The van der Waals surface area contributed by atoms with Gasteiger partial charge >= 0.3 is 0 Å². The highest BCUT2D eigenvalue weighted by Crippen LogP contribution is 2.20. The summed E-state index contributed by atoms with van der Waals surface area (Å²) in [7, 11) is 0. The monoisotopic (exact) mass is 184 g/mol. The lowest BCUT2D eigenvalue weighted by atomic mass is 10.2. The van der Waals surface area contributed by atoms with Crippen LogP contribution in [0.15, 0.2) is 11.8 Å². The summed E-state index contributed by atoms with van der Waals surface area (Å²) in [6.07, 6.45) is 7.14. The summed E-state index contributed by atoms with van der Waals surface area (Å²) in [6, 6.07) is 0. The van der Waals surface area contributed by atoms with Crippen LogP contribution in [0.5, 0.6) is 0 Å². The molecular weight excluding hydrogens is 164 g/mol. The summed E-state index contributed by atoms with van der Waals surface area (Å²) in [5.74, 6) is 1.12. The van der Waals surface area contributed by atoms with E-state index in [-0.39, 0.29) is 6.10 Å². The van der Waals surface area contributed by atoms with Gasteiger partial charge in [-0.05, 0) is 32.8 Å². The Balaban J connectivity index is 2.47. The van der Waals surface area contributed by atoms with E-state index in [1.165, 1.54) is 12.8 Å². The molecule has 13 heavy (non-hydrogen) atoms. The molecule has 1 unspecified atom stereocenters. The van der Waals surface area contributed by atoms with Crippen molar-refractivity contribution in [3.05, 3.63) is 11.8 Å². The summed E-state index contributed by atoms with van der Waals surface area (Å²) in [6.45, 7) is 5.63. The third-order valence-electron chi connectivity index (χ3n) is 2.24. The van der Waals surface area contributed by atoms with Gasteiger partial charge in [0.1, 0.15) is 0 Å². The molecule has 2 heteroatoms. The number of allylic oxidation sites excluding steroid dienone is 1. The van der Waals surface area contributed by atoms with E-state index in [1.54, 1.807) is 0 Å². The molecule has 0 fully saturated rings. The van der Waals surface area contributed by atoms with Gasteiger partial charge in [-0.3, -0.25) is 0 Å². The third-order valence-corrected chi connectivity index (χ3v) is 2.24. The second-order valence-corrected chi connectivity index (χ2v) is 3.31. The minimum Gasteiger partial charge on any atom is -0.498 e. The van der Waals surface area contributed by atoms with Crippen molar-refractivity contribution in [1.82, 2.24) is 0 Å². The molecule has 0 spiro atoms. The maximum atomic E-state index is 5.58. The van der Waals surface area contributed by atoms with Gasteiger partial charge in [-0.25, -0.2) is 0 Å². The first-order valence-electron chi connectivity index (χ1n) is 5.32. The summed E-state index contributed by atoms with van der Waals surface area (Å²) >= 11 is 0. The van der Waals surface area contributed by atoms with Gasteiger partial charge in [0.25, 0.3) is 0 Å². The molecule has 0 radical (unpaired) electrons. The Morgan fingerprint density at radius 2 is 2.15 bits per heavy atom. The van der Waals surface area contributed by atoms with Crippen LogP contribution in [0.4, 0.5) is 0 Å². The molecule has 0 aromatic rings.